The lowest BCUT2D eigenvalue weighted by Gasteiger charge is -2.29. The van der Waals surface area contributed by atoms with Gasteiger partial charge in [-0.2, -0.15) is 0 Å². The number of morpholine rings is 1. The smallest absolute Gasteiger partial charge is 0.191 e. The van der Waals surface area contributed by atoms with E-state index < -0.39 is 0 Å². The number of guanidine groups is 1. The van der Waals surface area contributed by atoms with E-state index in [1.165, 1.54) is 0 Å². The van der Waals surface area contributed by atoms with E-state index in [4.69, 9.17) is 27.9 Å². The van der Waals surface area contributed by atoms with Crippen molar-refractivity contribution in [2.45, 2.75) is 19.9 Å². The van der Waals surface area contributed by atoms with Gasteiger partial charge in [-0.15, -0.1) is 0 Å². The Kier molecular flexibility index (Phi) is 8.30. The molecule has 140 valence electrons. The van der Waals surface area contributed by atoms with Crippen molar-refractivity contribution in [1.29, 1.82) is 0 Å². The summed E-state index contributed by atoms with van der Waals surface area (Å²) in [6.07, 6.45) is 0. The van der Waals surface area contributed by atoms with Gasteiger partial charge in [0.05, 0.1) is 19.3 Å². The van der Waals surface area contributed by atoms with E-state index in [9.17, 15) is 0 Å². The molecule has 1 fully saturated rings. The van der Waals surface area contributed by atoms with E-state index in [-0.39, 0.29) is 6.04 Å². The highest BCUT2D eigenvalue weighted by Gasteiger charge is 2.15. The van der Waals surface area contributed by atoms with Crippen molar-refractivity contribution < 1.29 is 4.74 Å². The molecule has 1 aromatic rings. The number of nitrogens with zero attached hydrogens (tertiary/aromatic N) is 2. The minimum absolute atomic E-state index is 0.0329. The Bertz CT molecular complexity index is 576. The maximum absolute atomic E-state index is 6.29. The number of aliphatic imine (C=N–C) groups is 1. The molecule has 2 unspecified atom stereocenters. The maximum atomic E-state index is 6.29. The molecule has 7 heteroatoms. The van der Waals surface area contributed by atoms with Crippen molar-refractivity contribution in [1.82, 2.24) is 15.5 Å². The van der Waals surface area contributed by atoms with Crippen molar-refractivity contribution in [3.8, 4) is 0 Å². The number of nitrogens with one attached hydrogen (secondary N) is 2. The monoisotopic (exact) mass is 386 g/mol. The molecule has 0 saturated carbocycles. The summed E-state index contributed by atoms with van der Waals surface area (Å²) in [6.45, 7) is 9.93. The van der Waals surface area contributed by atoms with Gasteiger partial charge >= 0.3 is 0 Å². The van der Waals surface area contributed by atoms with Gasteiger partial charge in [-0.05, 0) is 30.5 Å². The van der Waals surface area contributed by atoms with Crippen LogP contribution in [0.3, 0.4) is 0 Å². The quantitative estimate of drug-likeness (QED) is 0.582. The SMILES string of the molecule is CN=C(NCC(C)CN1CCOCC1)NC(C)c1ccc(Cl)cc1Cl. The summed E-state index contributed by atoms with van der Waals surface area (Å²) in [4.78, 5) is 6.76. The molecule has 1 heterocycles. The third-order valence-corrected chi connectivity index (χ3v) is 4.86. The van der Waals surface area contributed by atoms with Crippen LogP contribution in [0.1, 0.15) is 25.5 Å². The zero-order valence-corrected chi connectivity index (χ0v) is 16.7. The third-order valence-electron chi connectivity index (χ3n) is 4.30. The number of hydrogen-bond donors (Lipinski definition) is 2. The highest BCUT2D eigenvalue weighted by atomic mass is 35.5. The fraction of sp³-hybridized carbons (Fsp3) is 0.611. The molecule has 1 aliphatic rings. The molecule has 2 rings (SSSR count). The lowest BCUT2D eigenvalue weighted by Crippen LogP contribution is -2.44. The second kappa shape index (κ2) is 10.2. The zero-order chi connectivity index (χ0) is 18.2. The van der Waals surface area contributed by atoms with E-state index in [1.807, 2.05) is 12.1 Å². The average molecular weight is 387 g/mol. The van der Waals surface area contributed by atoms with Crippen LogP contribution in [0.5, 0.6) is 0 Å². The molecule has 0 spiro atoms. The first-order chi connectivity index (χ1) is 12.0. The average Bonchev–Trinajstić information content (AvgIpc) is 2.59. The van der Waals surface area contributed by atoms with Gasteiger partial charge in [0.1, 0.15) is 0 Å². The van der Waals surface area contributed by atoms with Crippen LogP contribution < -0.4 is 10.6 Å². The molecule has 0 bridgehead atoms. The number of rotatable bonds is 6. The third kappa shape index (κ3) is 6.66. The second-order valence-corrected chi connectivity index (χ2v) is 7.35. The number of benzene rings is 1. The minimum atomic E-state index is 0.0329. The molecule has 25 heavy (non-hydrogen) atoms. The molecule has 0 radical (unpaired) electrons. The van der Waals surface area contributed by atoms with Crippen molar-refractivity contribution in [3.63, 3.8) is 0 Å². The highest BCUT2D eigenvalue weighted by molar-refractivity contribution is 6.35. The zero-order valence-electron chi connectivity index (χ0n) is 15.2. The lowest BCUT2D eigenvalue weighted by molar-refractivity contribution is 0.0320. The summed E-state index contributed by atoms with van der Waals surface area (Å²) >= 11 is 12.3. The molecule has 0 amide bonds. The Labute approximate surface area is 160 Å². The van der Waals surface area contributed by atoms with Crippen LogP contribution in [-0.2, 0) is 4.74 Å². The summed E-state index contributed by atoms with van der Waals surface area (Å²) < 4.78 is 5.39. The summed E-state index contributed by atoms with van der Waals surface area (Å²) in [7, 11) is 1.78. The van der Waals surface area contributed by atoms with Gasteiger partial charge < -0.3 is 15.4 Å². The van der Waals surface area contributed by atoms with Crippen molar-refractivity contribution >= 4 is 29.2 Å². The van der Waals surface area contributed by atoms with Crippen molar-refractivity contribution in [2.24, 2.45) is 10.9 Å². The van der Waals surface area contributed by atoms with Crippen LogP contribution in [-0.4, -0.2) is 57.3 Å². The highest BCUT2D eigenvalue weighted by Crippen LogP contribution is 2.25. The van der Waals surface area contributed by atoms with Crippen LogP contribution in [0, 0.1) is 5.92 Å². The Morgan fingerprint density at radius 2 is 2.00 bits per heavy atom. The van der Waals surface area contributed by atoms with Crippen LogP contribution in [0.4, 0.5) is 0 Å². The number of halogens is 2. The Balaban J connectivity index is 1.81. The molecule has 1 saturated heterocycles. The topological polar surface area (TPSA) is 48.9 Å². The number of ether oxygens (including phenoxy) is 1. The second-order valence-electron chi connectivity index (χ2n) is 6.50. The largest absolute Gasteiger partial charge is 0.379 e. The molecule has 1 aromatic carbocycles. The normalized spacial score (nSPS) is 18.7. The summed E-state index contributed by atoms with van der Waals surface area (Å²) in [5.74, 6) is 1.29. The van der Waals surface area contributed by atoms with Gasteiger partial charge in [-0.3, -0.25) is 9.89 Å². The standard InChI is InChI=1S/C18H28Cl2N4O/c1-13(12-24-6-8-25-9-7-24)11-22-18(21-3)23-14(2)16-5-4-15(19)10-17(16)20/h4-5,10,13-14H,6-9,11-12H2,1-3H3,(H2,21,22,23). The van der Waals surface area contributed by atoms with Gasteiger partial charge in [0, 0.05) is 43.3 Å². The van der Waals surface area contributed by atoms with Gasteiger partial charge in [0.25, 0.3) is 0 Å². The van der Waals surface area contributed by atoms with E-state index in [1.54, 1.807) is 13.1 Å². The Morgan fingerprint density at radius 3 is 2.64 bits per heavy atom. The lowest BCUT2D eigenvalue weighted by atomic mass is 10.1. The molecular weight excluding hydrogens is 359 g/mol. The van der Waals surface area contributed by atoms with Crippen LogP contribution in [0.15, 0.2) is 23.2 Å². The minimum Gasteiger partial charge on any atom is -0.379 e. The molecule has 2 N–H and O–H groups in total. The summed E-state index contributed by atoms with van der Waals surface area (Å²) in [6, 6.07) is 5.58. The van der Waals surface area contributed by atoms with Crippen molar-refractivity contribution in [2.75, 3.05) is 46.4 Å². The predicted molar refractivity (Wildman–Crippen MR) is 106 cm³/mol. The summed E-state index contributed by atoms with van der Waals surface area (Å²) in [5, 5.41) is 8.08. The fourth-order valence-electron chi connectivity index (χ4n) is 2.89. The van der Waals surface area contributed by atoms with E-state index in [0.717, 1.165) is 50.9 Å². The fourth-order valence-corrected chi connectivity index (χ4v) is 3.46. The molecule has 0 aromatic heterocycles. The Morgan fingerprint density at radius 1 is 1.28 bits per heavy atom. The summed E-state index contributed by atoms with van der Waals surface area (Å²) in [5.41, 5.74) is 0.996. The van der Waals surface area contributed by atoms with Gasteiger partial charge in [-0.25, -0.2) is 0 Å². The van der Waals surface area contributed by atoms with Crippen LogP contribution in [0.25, 0.3) is 0 Å². The predicted octanol–water partition coefficient (Wildman–Crippen LogP) is 3.19. The molecular formula is C18H28Cl2N4O. The first-order valence-corrected chi connectivity index (χ1v) is 9.47. The van der Waals surface area contributed by atoms with Crippen LogP contribution in [0.2, 0.25) is 10.0 Å². The molecule has 0 aliphatic carbocycles. The first kappa shape index (κ1) is 20.3. The molecule has 5 nitrogen and oxygen atoms in total. The van der Waals surface area contributed by atoms with Crippen LogP contribution >= 0.6 is 23.2 Å². The molecule has 2 atom stereocenters. The first-order valence-electron chi connectivity index (χ1n) is 8.71. The number of hydrogen-bond acceptors (Lipinski definition) is 3. The maximum Gasteiger partial charge on any atom is 0.191 e. The van der Waals surface area contributed by atoms with E-state index in [2.05, 4.69) is 34.4 Å². The van der Waals surface area contributed by atoms with E-state index >= 15 is 0 Å². The van der Waals surface area contributed by atoms with E-state index in [0.29, 0.717) is 16.0 Å². The van der Waals surface area contributed by atoms with Crippen molar-refractivity contribution in [3.05, 3.63) is 33.8 Å². The van der Waals surface area contributed by atoms with Gasteiger partial charge in [0.2, 0.25) is 0 Å². The molecule has 1 aliphatic heterocycles. The van der Waals surface area contributed by atoms with Gasteiger partial charge in [-0.1, -0.05) is 36.2 Å². The van der Waals surface area contributed by atoms with Gasteiger partial charge in [0.15, 0.2) is 5.96 Å². The Hall–Kier alpha value is -1.01.